The SMILES string of the molecule is CCC(=O)Nc1cccc(C(=O)N2C[C@@H]3CCC[C@@]3(C(=O)O)C2)c1. The number of anilines is 1. The minimum atomic E-state index is -0.788. The summed E-state index contributed by atoms with van der Waals surface area (Å²) in [4.78, 5) is 37.7. The summed E-state index contributed by atoms with van der Waals surface area (Å²) in [5, 5.41) is 12.4. The molecule has 1 saturated heterocycles. The first-order valence-electron chi connectivity index (χ1n) is 8.39. The predicted molar refractivity (Wildman–Crippen MR) is 88.7 cm³/mol. The molecule has 2 N–H and O–H groups in total. The fourth-order valence-corrected chi connectivity index (χ4v) is 3.96. The maximum Gasteiger partial charge on any atom is 0.311 e. The van der Waals surface area contributed by atoms with Crippen LogP contribution in [0, 0.1) is 11.3 Å². The van der Waals surface area contributed by atoms with Crippen molar-refractivity contribution in [3.8, 4) is 0 Å². The lowest BCUT2D eigenvalue weighted by Gasteiger charge is -2.23. The topological polar surface area (TPSA) is 86.7 Å². The number of fused-ring (bicyclic) bond motifs is 1. The Morgan fingerprint density at radius 2 is 2.17 bits per heavy atom. The number of aliphatic carboxylic acids is 1. The van der Waals surface area contributed by atoms with Crippen molar-refractivity contribution in [2.75, 3.05) is 18.4 Å². The van der Waals surface area contributed by atoms with Crippen LogP contribution in [-0.2, 0) is 9.59 Å². The van der Waals surface area contributed by atoms with Crippen LogP contribution in [0.2, 0.25) is 0 Å². The molecule has 1 heterocycles. The second kappa shape index (κ2) is 6.26. The van der Waals surface area contributed by atoms with Crippen LogP contribution in [0.15, 0.2) is 24.3 Å². The highest BCUT2D eigenvalue weighted by Crippen LogP contribution is 2.49. The van der Waals surface area contributed by atoms with Gasteiger partial charge in [-0.2, -0.15) is 0 Å². The van der Waals surface area contributed by atoms with Crippen molar-refractivity contribution in [2.45, 2.75) is 32.6 Å². The van der Waals surface area contributed by atoms with Gasteiger partial charge in [0.25, 0.3) is 5.91 Å². The van der Waals surface area contributed by atoms with Gasteiger partial charge in [0, 0.05) is 30.8 Å². The molecule has 1 aliphatic carbocycles. The van der Waals surface area contributed by atoms with Gasteiger partial charge in [-0.25, -0.2) is 0 Å². The Morgan fingerprint density at radius 3 is 2.83 bits per heavy atom. The van der Waals surface area contributed by atoms with Crippen molar-refractivity contribution >= 4 is 23.5 Å². The molecule has 24 heavy (non-hydrogen) atoms. The molecule has 2 atom stereocenters. The van der Waals surface area contributed by atoms with Crippen LogP contribution in [0.1, 0.15) is 43.0 Å². The van der Waals surface area contributed by atoms with Crippen LogP contribution >= 0.6 is 0 Å². The van der Waals surface area contributed by atoms with E-state index in [1.54, 1.807) is 36.1 Å². The van der Waals surface area contributed by atoms with Gasteiger partial charge in [-0.15, -0.1) is 0 Å². The third-order valence-corrected chi connectivity index (χ3v) is 5.30. The van der Waals surface area contributed by atoms with E-state index in [4.69, 9.17) is 0 Å². The minimum Gasteiger partial charge on any atom is -0.481 e. The van der Waals surface area contributed by atoms with Gasteiger partial charge in [0.2, 0.25) is 5.91 Å². The van der Waals surface area contributed by atoms with E-state index in [0.29, 0.717) is 30.6 Å². The zero-order chi connectivity index (χ0) is 17.3. The van der Waals surface area contributed by atoms with Crippen LogP contribution in [0.25, 0.3) is 0 Å². The number of hydrogen-bond donors (Lipinski definition) is 2. The van der Waals surface area contributed by atoms with E-state index in [2.05, 4.69) is 5.32 Å². The molecule has 1 aromatic rings. The minimum absolute atomic E-state index is 0.0435. The molecule has 1 aromatic carbocycles. The van der Waals surface area contributed by atoms with Gasteiger partial charge in [-0.3, -0.25) is 14.4 Å². The highest BCUT2D eigenvalue weighted by molar-refractivity contribution is 5.97. The molecule has 128 valence electrons. The molecule has 1 saturated carbocycles. The lowest BCUT2D eigenvalue weighted by molar-refractivity contribution is -0.149. The number of amides is 2. The summed E-state index contributed by atoms with van der Waals surface area (Å²) in [7, 11) is 0. The number of rotatable bonds is 4. The molecular formula is C18H22N2O4. The number of nitrogens with zero attached hydrogens (tertiary/aromatic N) is 1. The number of carbonyl (C=O) groups excluding carboxylic acids is 2. The Kier molecular flexibility index (Phi) is 4.30. The molecule has 6 heteroatoms. The third-order valence-electron chi connectivity index (χ3n) is 5.30. The van der Waals surface area contributed by atoms with Crippen LogP contribution in [0.4, 0.5) is 5.69 Å². The van der Waals surface area contributed by atoms with Crippen molar-refractivity contribution in [2.24, 2.45) is 11.3 Å². The monoisotopic (exact) mass is 330 g/mol. The first-order valence-corrected chi connectivity index (χ1v) is 8.39. The van der Waals surface area contributed by atoms with Crippen LogP contribution in [-0.4, -0.2) is 40.9 Å². The Balaban J connectivity index is 1.77. The summed E-state index contributed by atoms with van der Waals surface area (Å²) in [6, 6.07) is 6.81. The molecule has 2 aliphatic rings. The summed E-state index contributed by atoms with van der Waals surface area (Å²) in [6.07, 6.45) is 2.79. The second-order valence-corrected chi connectivity index (χ2v) is 6.72. The summed E-state index contributed by atoms with van der Waals surface area (Å²) in [6.45, 7) is 2.53. The molecular weight excluding hydrogens is 308 g/mol. The predicted octanol–water partition coefficient (Wildman–Crippen LogP) is 2.36. The van der Waals surface area contributed by atoms with Gasteiger partial charge in [0.1, 0.15) is 0 Å². The Labute approximate surface area is 140 Å². The third kappa shape index (κ3) is 2.77. The number of carboxylic acids is 1. The lowest BCUT2D eigenvalue weighted by atomic mass is 9.81. The molecule has 0 unspecified atom stereocenters. The van der Waals surface area contributed by atoms with Crippen molar-refractivity contribution in [3.63, 3.8) is 0 Å². The van der Waals surface area contributed by atoms with E-state index in [-0.39, 0.29) is 24.3 Å². The average Bonchev–Trinajstić information content (AvgIpc) is 3.12. The van der Waals surface area contributed by atoms with Crippen molar-refractivity contribution in [1.29, 1.82) is 0 Å². The van der Waals surface area contributed by atoms with Gasteiger partial charge in [-0.05, 0) is 37.0 Å². The first kappa shape index (κ1) is 16.5. The molecule has 0 bridgehead atoms. The summed E-state index contributed by atoms with van der Waals surface area (Å²) in [5.41, 5.74) is 0.286. The maximum atomic E-state index is 12.8. The molecule has 2 amide bonds. The van der Waals surface area contributed by atoms with Crippen molar-refractivity contribution < 1.29 is 19.5 Å². The standard InChI is InChI=1S/C18H22N2O4/c1-2-15(21)19-14-7-3-5-12(9-14)16(22)20-10-13-6-4-8-18(13,11-20)17(23)24/h3,5,7,9,13H,2,4,6,8,10-11H2,1H3,(H,19,21)(H,23,24)/t13-,18+/m0/s1. The highest BCUT2D eigenvalue weighted by Gasteiger charge is 2.55. The molecule has 3 rings (SSSR count). The molecule has 0 spiro atoms. The van der Waals surface area contributed by atoms with E-state index in [1.807, 2.05) is 0 Å². The quantitative estimate of drug-likeness (QED) is 0.887. The number of likely N-dealkylation sites (tertiary alicyclic amines) is 1. The number of benzene rings is 1. The zero-order valence-electron chi connectivity index (χ0n) is 13.7. The van der Waals surface area contributed by atoms with Crippen molar-refractivity contribution in [1.82, 2.24) is 4.90 Å². The van der Waals surface area contributed by atoms with Crippen LogP contribution in [0.3, 0.4) is 0 Å². The van der Waals surface area contributed by atoms with Crippen LogP contribution < -0.4 is 5.32 Å². The Hall–Kier alpha value is -2.37. The summed E-state index contributed by atoms with van der Waals surface area (Å²) < 4.78 is 0. The fraction of sp³-hybridized carbons (Fsp3) is 0.500. The number of carbonyl (C=O) groups is 3. The zero-order valence-corrected chi connectivity index (χ0v) is 13.7. The smallest absolute Gasteiger partial charge is 0.311 e. The fourth-order valence-electron chi connectivity index (χ4n) is 3.96. The maximum absolute atomic E-state index is 12.8. The van der Waals surface area contributed by atoms with Gasteiger partial charge in [0.15, 0.2) is 0 Å². The lowest BCUT2D eigenvalue weighted by Crippen LogP contribution is -2.37. The Bertz CT molecular complexity index is 687. The van der Waals surface area contributed by atoms with E-state index in [1.165, 1.54) is 0 Å². The normalized spacial score (nSPS) is 25.4. The van der Waals surface area contributed by atoms with Gasteiger partial charge >= 0.3 is 5.97 Å². The van der Waals surface area contributed by atoms with E-state index in [0.717, 1.165) is 12.8 Å². The largest absolute Gasteiger partial charge is 0.481 e. The highest BCUT2D eigenvalue weighted by atomic mass is 16.4. The van der Waals surface area contributed by atoms with Gasteiger partial charge in [0.05, 0.1) is 5.41 Å². The summed E-state index contributed by atoms with van der Waals surface area (Å²) >= 11 is 0. The second-order valence-electron chi connectivity index (χ2n) is 6.72. The molecule has 6 nitrogen and oxygen atoms in total. The first-order chi connectivity index (χ1) is 11.5. The van der Waals surface area contributed by atoms with Crippen LogP contribution in [0.5, 0.6) is 0 Å². The Morgan fingerprint density at radius 1 is 1.38 bits per heavy atom. The van der Waals surface area contributed by atoms with E-state index < -0.39 is 11.4 Å². The molecule has 2 fully saturated rings. The van der Waals surface area contributed by atoms with Gasteiger partial charge in [-0.1, -0.05) is 19.4 Å². The van der Waals surface area contributed by atoms with Gasteiger partial charge < -0.3 is 15.3 Å². The van der Waals surface area contributed by atoms with E-state index in [9.17, 15) is 19.5 Å². The molecule has 0 aromatic heterocycles. The van der Waals surface area contributed by atoms with Crippen molar-refractivity contribution in [3.05, 3.63) is 29.8 Å². The summed E-state index contributed by atoms with van der Waals surface area (Å²) in [5.74, 6) is -1.02. The number of hydrogen-bond acceptors (Lipinski definition) is 3. The number of nitrogens with one attached hydrogen (secondary N) is 1. The number of carboxylic acid groups (broad SMARTS) is 1. The molecule has 1 aliphatic heterocycles. The molecule has 0 radical (unpaired) electrons. The average molecular weight is 330 g/mol. The van der Waals surface area contributed by atoms with E-state index >= 15 is 0 Å².